The van der Waals surface area contributed by atoms with Crippen molar-refractivity contribution in [3.8, 4) is 11.5 Å². The third kappa shape index (κ3) is 0.645. The van der Waals surface area contributed by atoms with Crippen LogP contribution in [0.15, 0.2) is 27.3 Å². The van der Waals surface area contributed by atoms with Gasteiger partial charge in [-0.2, -0.15) is 0 Å². The highest BCUT2D eigenvalue weighted by Crippen LogP contribution is 2.34. The summed E-state index contributed by atoms with van der Waals surface area (Å²) >= 11 is 0. The Morgan fingerprint density at radius 2 is 0.929 bits per heavy atom. The van der Waals surface area contributed by atoms with Crippen LogP contribution in [0.1, 0.15) is 16.3 Å². The van der Waals surface area contributed by atoms with Crippen LogP contribution < -0.4 is 11.6 Å². The van der Waals surface area contributed by atoms with Crippen LogP contribution in [0.2, 0.25) is 0 Å². The minimum absolute atomic E-state index is 0.194. The van der Waals surface area contributed by atoms with E-state index in [1.807, 2.05) is 0 Å². The summed E-state index contributed by atoms with van der Waals surface area (Å²) < 4.78 is 17.9. The average Bonchev–Trinajstić information content (AvgIpc) is 2.71. The number of ketones is 1. The summed E-state index contributed by atoms with van der Waals surface area (Å²) in [6, 6.07) is 0. The maximum atomic E-state index is 11.3. The molecule has 0 saturated carbocycles. The molecule has 14 heavy (non-hydrogen) atoms. The molecule has 0 aliphatic heterocycles. The average molecular weight is 196 g/mol. The van der Waals surface area contributed by atoms with Gasteiger partial charge in [-0.1, -0.05) is 0 Å². The Balaban J connectivity index is 2.49. The molecule has 2 aromatic rings. The Kier molecular flexibility index (Phi) is 0.993. The van der Waals surface area contributed by atoms with Crippen molar-refractivity contribution < 1.29 is 22.5 Å². The molecule has 0 amide bonds. The Labute approximate surface area is 73.5 Å². The van der Waals surface area contributed by atoms with Gasteiger partial charge in [0.2, 0.25) is 23.0 Å². The molecule has 7 heteroatoms. The second-order valence-electron chi connectivity index (χ2n) is 2.55. The van der Waals surface area contributed by atoms with Crippen LogP contribution in [0, 0.1) is 0 Å². The lowest BCUT2D eigenvalue weighted by Crippen LogP contribution is -1.97. The third-order valence-electron chi connectivity index (χ3n) is 1.77. The number of hydrogen-bond acceptors (Lipinski definition) is 7. The van der Waals surface area contributed by atoms with Crippen molar-refractivity contribution in [1.82, 2.24) is 0 Å². The largest absolute Gasteiger partial charge is 0.519 e. The van der Waals surface area contributed by atoms with E-state index in [-0.39, 0.29) is 23.0 Å². The quantitative estimate of drug-likeness (QED) is 0.497. The number of carbonyl (C=O) groups excluding carboxylic acids is 1. The van der Waals surface area contributed by atoms with Gasteiger partial charge in [0.25, 0.3) is 5.78 Å². The van der Waals surface area contributed by atoms with Crippen molar-refractivity contribution in [2.75, 3.05) is 0 Å². The Morgan fingerprint density at radius 1 is 0.571 bits per heavy atom. The minimum Gasteiger partial charge on any atom is -0.386 e. The lowest BCUT2D eigenvalue weighted by molar-refractivity contribution is 0.0984. The van der Waals surface area contributed by atoms with Gasteiger partial charge in [-0.3, -0.25) is 4.79 Å². The molecule has 1 aliphatic carbocycles. The van der Waals surface area contributed by atoms with E-state index in [1.165, 1.54) is 0 Å². The fourth-order valence-electron chi connectivity index (χ4n) is 1.26. The molecule has 0 unspecified atom stereocenters. The highest BCUT2D eigenvalue weighted by molar-refractivity contribution is 6.15. The molecule has 70 valence electrons. The van der Waals surface area contributed by atoms with Gasteiger partial charge in [-0.25, -0.2) is 9.59 Å². The van der Waals surface area contributed by atoms with Crippen LogP contribution in [0.3, 0.4) is 0 Å². The molecular weight excluding hydrogens is 196 g/mol. The molecule has 2 aromatic heterocycles. The first-order valence-corrected chi connectivity index (χ1v) is 3.50. The predicted octanol–water partition coefficient (Wildman–Crippen LogP) is -0.00960. The first-order valence-electron chi connectivity index (χ1n) is 3.50. The molecular formula is C7O7. The highest BCUT2D eigenvalue weighted by atomic mass is 16.6. The van der Waals surface area contributed by atoms with Crippen LogP contribution in [-0.4, -0.2) is 5.78 Å². The van der Waals surface area contributed by atoms with Crippen molar-refractivity contribution in [2.24, 2.45) is 0 Å². The van der Waals surface area contributed by atoms with E-state index in [0.29, 0.717) is 0 Å². The van der Waals surface area contributed by atoms with E-state index in [0.717, 1.165) is 0 Å². The fourth-order valence-corrected chi connectivity index (χ4v) is 1.26. The smallest absolute Gasteiger partial charge is 0.386 e. The SMILES string of the molecule is O=C1c2oc(=O)oc2-c2oc(=O)oc21. The van der Waals surface area contributed by atoms with Crippen molar-refractivity contribution in [1.29, 1.82) is 0 Å². The summed E-state index contributed by atoms with van der Waals surface area (Å²) in [6.07, 6.45) is 0. The molecule has 1 aliphatic rings. The van der Waals surface area contributed by atoms with Crippen LogP contribution in [-0.2, 0) is 0 Å². The lowest BCUT2D eigenvalue weighted by Gasteiger charge is -1.78. The first-order chi connectivity index (χ1) is 6.66. The van der Waals surface area contributed by atoms with E-state index in [9.17, 15) is 14.4 Å². The molecule has 0 aromatic carbocycles. The van der Waals surface area contributed by atoms with Crippen molar-refractivity contribution in [3.05, 3.63) is 32.8 Å². The number of rotatable bonds is 0. The number of hydrogen-bond donors (Lipinski definition) is 0. The van der Waals surface area contributed by atoms with E-state index in [1.54, 1.807) is 0 Å². The first kappa shape index (κ1) is 7.13. The summed E-state index contributed by atoms with van der Waals surface area (Å²) in [5, 5.41) is 0. The summed E-state index contributed by atoms with van der Waals surface area (Å²) in [7, 11) is 0. The molecule has 0 spiro atoms. The lowest BCUT2D eigenvalue weighted by atomic mass is 10.4. The predicted molar refractivity (Wildman–Crippen MR) is 36.9 cm³/mol. The van der Waals surface area contributed by atoms with E-state index in [4.69, 9.17) is 0 Å². The Morgan fingerprint density at radius 3 is 1.36 bits per heavy atom. The van der Waals surface area contributed by atoms with Crippen molar-refractivity contribution in [3.63, 3.8) is 0 Å². The molecule has 0 fully saturated rings. The van der Waals surface area contributed by atoms with Gasteiger partial charge in [0.05, 0.1) is 0 Å². The van der Waals surface area contributed by atoms with Gasteiger partial charge >= 0.3 is 11.6 Å². The van der Waals surface area contributed by atoms with Gasteiger partial charge in [0, 0.05) is 0 Å². The summed E-state index contributed by atoms with van der Waals surface area (Å²) in [5.41, 5.74) is 0. The van der Waals surface area contributed by atoms with E-state index < -0.39 is 17.4 Å². The van der Waals surface area contributed by atoms with E-state index >= 15 is 0 Å². The monoisotopic (exact) mass is 196 g/mol. The Bertz CT molecular complexity index is 590. The number of carbonyl (C=O) groups is 1. The minimum atomic E-state index is -1.03. The molecule has 0 saturated heterocycles. The molecule has 0 atom stereocenters. The summed E-state index contributed by atoms with van der Waals surface area (Å²) in [4.78, 5) is 32.6. The van der Waals surface area contributed by atoms with Crippen LogP contribution >= 0.6 is 0 Å². The highest BCUT2D eigenvalue weighted by Gasteiger charge is 2.40. The molecule has 0 radical (unpaired) electrons. The van der Waals surface area contributed by atoms with Crippen LogP contribution in [0.5, 0.6) is 0 Å². The molecule has 2 heterocycles. The Hall–Kier alpha value is -2.31. The normalized spacial score (nSPS) is 13.0. The van der Waals surface area contributed by atoms with Gasteiger partial charge in [0.1, 0.15) is 0 Å². The zero-order valence-corrected chi connectivity index (χ0v) is 6.36. The second-order valence-corrected chi connectivity index (χ2v) is 2.55. The van der Waals surface area contributed by atoms with Gasteiger partial charge < -0.3 is 17.7 Å². The molecule has 0 N–H and O–H groups in total. The second kappa shape index (κ2) is 1.95. The summed E-state index contributed by atoms with van der Waals surface area (Å²) in [6.45, 7) is 0. The van der Waals surface area contributed by atoms with Gasteiger partial charge in [-0.15, -0.1) is 0 Å². The maximum absolute atomic E-state index is 11.3. The fraction of sp³-hybridized carbons (Fsp3) is 0. The zero-order chi connectivity index (χ0) is 9.87. The summed E-state index contributed by atoms with van der Waals surface area (Å²) in [5.74, 6) is -3.77. The van der Waals surface area contributed by atoms with Crippen molar-refractivity contribution in [2.45, 2.75) is 0 Å². The third-order valence-corrected chi connectivity index (χ3v) is 1.77. The molecule has 7 nitrogen and oxygen atoms in total. The molecule has 3 rings (SSSR count). The van der Waals surface area contributed by atoms with Gasteiger partial charge in [0.15, 0.2) is 0 Å². The number of fused-ring (bicyclic) bond motifs is 3. The van der Waals surface area contributed by atoms with E-state index in [2.05, 4.69) is 17.7 Å². The molecule has 0 bridgehead atoms. The zero-order valence-electron chi connectivity index (χ0n) is 6.36. The standard InChI is InChI=1S/C7O7/c8-1-2-4(13-6(9)11-2)5-3(1)12-7(10)14-5. The van der Waals surface area contributed by atoms with Crippen LogP contribution in [0.25, 0.3) is 11.5 Å². The maximum Gasteiger partial charge on any atom is 0.519 e. The van der Waals surface area contributed by atoms with Crippen LogP contribution in [0.4, 0.5) is 0 Å². The van der Waals surface area contributed by atoms with Crippen molar-refractivity contribution >= 4 is 5.78 Å². The van der Waals surface area contributed by atoms with Gasteiger partial charge in [-0.05, 0) is 0 Å². The topological polar surface area (TPSA) is 104 Å².